The van der Waals surface area contributed by atoms with E-state index in [0.717, 1.165) is 38.8 Å². The van der Waals surface area contributed by atoms with Crippen molar-refractivity contribution < 1.29 is 8.42 Å². The normalized spacial score (nSPS) is 21.2. The molecular formula is C14H21N3O2S. The molecule has 1 aromatic rings. The van der Waals surface area contributed by atoms with Gasteiger partial charge in [0, 0.05) is 25.0 Å². The Morgan fingerprint density at radius 3 is 2.60 bits per heavy atom. The van der Waals surface area contributed by atoms with Crippen molar-refractivity contribution in [2.75, 3.05) is 19.6 Å². The largest absolute Gasteiger partial charge is 0.317 e. The fraction of sp³-hybridized carbons (Fsp3) is 0.643. The first-order valence-corrected chi connectivity index (χ1v) is 8.74. The van der Waals surface area contributed by atoms with E-state index < -0.39 is 10.0 Å². The molecule has 2 aliphatic rings. The number of hydrogen-bond donors (Lipinski definition) is 1. The number of aromatic nitrogens is 1. The summed E-state index contributed by atoms with van der Waals surface area (Å²) in [6, 6.07) is 3.53. The second kappa shape index (κ2) is 5.79. The van der Waals surface area contributed by atoms with Crippen LogP contribution in [0.4, 0.5) is 0 Å². The third-order valence-corrected chi connectivity index (χ3v) is 5.99. The van der Waals surface area contributed by atoms with Crippen LogP contribution in [0, 0.1) is 5.92 Å². The molecule has 1 N–H and O–H groups in total. The predicted octanol–water partition coefficient (Wildman–Crippen LogP) is 1.23. The number of sulfonamides is 1. The molecule has 1 saturated carbocycles. The van der Waals surface area contributed by atoms with Crippen LogP contribution < -0.4 is 5.32 Å². The van der Waals surface area contributed by atoms with E-state index >= 15 is 0 Å². The first-order chi connectivity index (χ1) is 9.68. The van der Waals surface area contributed by atoms with Crippen molar-refractivity contribution >= 4 is 10.0 Å². The van der Waals surface area contributed by atoms with E-state index in [4.69, 9.17) is 0 Å². The van der Waals surface area contributed by atoms with Crippen LogP contribution in [-0.2, 0) is 10.0 Å². The van der Waals surface area contributed by atoms with Crippen molar-refractivity contribution in [3.63, 3.8) is 0 Å². The summed E-state index contributed by atoms with van der Waals surface area (Å²) >= 11 is 0. The van der Waals surface area contributed by atoms with E-state index in [9.17, 15) is 8.42 Å². The highest BCUT2D eigenvalue weighted by atomic mass is 32.2. The number of nitrogens with one attached hydrogen (secondary N) is 1. The Balaban J connectivity index is 1.79. The van der Waals surface area contributed by atoms with Gasteiger partial charge in [-0.2, -0.15) is 4.31 Å². The van der Waals surface area contributed by atoms with Gasteiger partial charge in [0.05, 0.1) is 0 Å². The quantitative estimate of drug-likeness (QED) is 0.887. The van der Waals surface area contributed by atoms with Gasteiger partial charge in [0.25, 0.3) is 0 Å². The Hall–Kier alpha value is -0.980. The van der Waals surface area contributed by atoms with Crippen LogP contribution in [-0.4, -0.2) is 43.4 Å². The maximum absolute atomic E-state index is 12.8. The van der Waals surface area contributed by atoms with Gasteiger partial charge in [-0.15, -0.1) is 0 Å². The van der Waals surface area contributed by atoms with E-state index in [2.05, 4.69) is 10.3 Å². The van der Waals surface area contributed by atoms with Crippen LogP contribution in [0.25, 0.3) is 0 Å². The predicted molar refractivity (Wildman–Crippen MR) is 76.7 cm³/mol. The molecule has 0 aromatic carbocycles. The van der Waals surface area contributed by atoms with Crippen molar-refractivity contribution in [1.82, 2.24) is 14.6 Å². The van der Waals surface area contributed by atoms with Gasteiger partial charge in [-0.3, -0.25) is 4.98 Å². The third kappa shape index (κ3) is 3.02. The van der Waals surface area contributed by atoms with E-state index in [1.165, 1.54) is 6.20 Å². The monoisotopic (exact) mass is 295 g/mol. The smallest absolute Gasteiger partial charge is 0.244 e. The van der Waals surface area contributed by atoms with E-state index in [-0.39, 0.29) is 6.04 Å². The molecule has 1 aliphatic heterocycles. The molecule has 0 unspecified atom stereocenters. The zero-order valence-corrected chi connectivity index (χ0v) is 12.3. The molecule has 2 fully saturated rings. The van der Waals surface area contributed by atoms with Crippen molar-refractivity contribution in [2.45, 2.75) is 36.6 Å². The highest BCUT2D eigenvalue weighted by Crippen LogP contribution is 2.33. The number of piperidine rings is 1. The molecule has 0 bridgehead atoms. The van der Waals surface area contributed by atoms with Crippen molar-refractivity contribution in [3.8, 4) is 0 Å². The van der Waals surface area contributed by atoms with Gasteiger partial charge in [-0.1, -0.05) is 0 Å². The molecule has 5 nitrogen and oxygen atoms in total. The molecule has 0 radical (unpaired) electrons. The Morgan fingerprint density at radius 2 is 2.00 bits per heavy atom. The molecule has 110 valence electrons. The molecule has 3 rings (SSSR count). The summed E-state index contributed by atoms with van der Waals surface area (Å²) < 4.78 is 27.2. The van der Waals surface area contributed by atoms with Crippen LogP contribution in [0.3, 0.4) is 0 Å². The Kier molecular flexibility index (Phi) is 4.05. The number of rotatable bonds is 5. The van der Waals surface area contributed by atoms with Crippen LogP contribution in [0.1, 0.15) is 25.7 Å². The second-order valence-electron chi connectivity index (χ2n) is 5.69. The van der Waals surface area contributed by atoms with Gasteiger partial charge in [0.2, 0.25) is 10.0 Å². The topological polar surface area (TPSA) is 62.3 Å². The Labute approximate surface area is 120 Å². The zero-order chi connectivity index (χ0) is 14.0. The van der Waals surface area contributed by atoms with Gasteiger partial charge in [-0.25, -0.2) is 8.42 Å². The van der Waals surface area contributed by atoms with Crippen molar-refractivity contribution in [3.05, 3.63) is 24.5 Å². The van der Waals surface area contributed by atoms with Crippen LogP contribution >= 0.6 is 0 Å². The van der Waals surface area contributed by atoms with Gasteiger partial charge in [0.15, 0.2) is 0 Å². The van der Waals surface area contributed by atoms with Crippen LogP contribution in [0.5, 0.6) is 0 Å². The average Bonchev–Trinajstić information content (AvgIpc) is 3.31. The summed E-state index contributed by atoms with van der Waals surface area (Å²) in [4.78, 5) is 4.26. The fourth-order valence-electron chi connectivity index (χ4n) is 2.76. The average molecular weight is 295 g/mol. The molecule has 0 amide bonds. The lowest BCUT2D eigenvalue weighted by Crippen LogP contribution is -2.40. The first kappa shape index (κ1) is 14.0. The standard InChI is InChI=1S/C14H21N3O2S/c18-20(19,14-2-1-7-16-10-14)17(13-3-4-13)11-12-5-8-15-9-6-12/h1-2,7,10,12-13,15H,3-6,8-9,11H2. The highest BCUT2D eigenvalue weighted by Gasteiger charge is 2.39. The minimum Gasteiger partial charge on any atom is -0.317 e. The number of hydrogen-bond acceptors (Lipinski definition) is 4. The minimum absolute atomic E-state index is 0.204. The summed E-state index contributed by atoms with van der Waals surface area (Å²) in [6.45, 7) is 2.65. The molecule has 20 heavy (non-hydrogen) atoms. The maximum Gasteiger partial charge on any atom is 0.244 e. The van der Waals surface area contributed by atoms with Crippen LogP contribution in [0.2, 0.25) is 0 Å². The van der Waals surface area contributed by atoms with Gasteiger partial charge in [-0.05, 0) is 56.8 Å². The van der Waals surface area contributed by atoms with E-state index in [1.807, 2.05) is 0 Å². The molecule has 1 aliphatic carbocycles. The lowest BCUT2D eigenvalue weighted by Gasteiger charge is -2.29. The first-order valence-electron chi connectivity index (χ1n) is 7.30. The van der Waals surface area contributed by atoms with Crippen LogP contribution in [0.15, 0.2) is 29.4 Å². The summed E-state index contributed by atoms with van der Waals surface area (Å²) in [5.74, 6) is 0.475. The van der Waals surface area contributed by atoms with E-state index in [1.54, 1.807) is 22.6 Å². The van der Waals surface area contributed by atoms with Gasteiger partial charge in [0.1, 0.15) is 4.90 Å². The van der Waals surface area contributed by atoms with Gasteiger partial charge < -0.3 is 5.32 Å². The Morgan fingerprint density at radius 1 is 1.25 bits per heavy atom. The molecule has 0 atom stereocenters. The maximum atomic E-state index is 12.8. The minimum atomic E-state index is -3.39. The lowest BCUT2D eigenvalue weighted by molar-refractivity contribution is 0.283. The highest BCUT2D eigenvalue weighted by molar-refractivity contribution is 7.89. The molecule has 0 spiro atoms. The van der Waals surface area contributed by atoms with Crippen molar-refractivity contribution in [1.29, 1.82) is 0 Å². The SMILES string of the molecule is O=S(=O)(c1cccnc1)N(CC1CCNCC1)C1CC1. The molecular weight excluding hydrogens is 274 g/mol. The number of pyridine rings is 1. The van der Waals surface area contributed by atoms with E-state index in [0.29, 0.717) is 17.4 Å². The molecule has 2 heterocycles. The van der Waals surface area contributed by atoms with Crippen molar-refractivity contribution in [2.24, 2.45) is 5.92 Å². The summed E-state index contributed by atoms with van der Waals surface area (Å²) in [5.41, 5.74) is 0. The zero-order valence-electron chi connectivity index (χ0n) is 11.5. The third-order valence-electron chi connectivity index (χ3n) is 4.09. The second-order valence-corrected chi connectivity index (χ2v) is 7.58. The molecule has 1 saturated heterocycles. The van der Waals surface area contributed by atoms with Gasteiger partial charge >= 0.3 is 0 Å². The lowest BCUT2D eigenvalue weighted by atomic mass is 9.98. The molecule has 6 heteroatoms. The Bertz CT molecular complexity index is 537. The number of nitrogens with zero attached hydrogens (tertiary/aromatic N) is 2. The fourth-order valence-corrected chi connectivity index (χ4v) is 4.49. The summed E-state index contributed by atoms with van der Waals surface area (Å²) in [5, 5.41) is 3.33. The summed E-state index contributed by atoms with van der Waals surface area (Å²) in [7, 11) is -3.39. The summed E-state index contributed by atoms with van der Waals surface area (Å²) in [6.07, 6.45) is 7.16. The molecule has 1 aromatic heterocycles.